The van der Waals surface area contributed by atoms with Crippen molar-refractivity contribution in [2.75, 3.05) is 19.6 Å². The number of aryl methyl sites for hydroxylation is 1. The number of benzene rings is 2. The van der Waals surface area contributed by atoms with Gasteiger partial charge in [0, 0.05) is 25.6 Å². The average molecular weight is 374 g/mol. The fourth-order valence-corrected chi connectivity index (χ4v) is 3.30. The Morgan fingerprint density at radius 2 is 1.96 bits per heavy atom. The summed E-state index contributed by atoms with van der Waals surface area (Å²) in [4.78, 5) is 15.4. The fraction of sp³-hybridized carbons (Fsp3) is 0.350. The molecule has 142 valence electrons. The molecule has 0 bridgehead atoms. The van der Waals surface area contributed by atoms with Crippen molar-refractivity contribution >= 4 is 11.1 Å². The first-order chi connectivity index (χ1) is 13.0. The Labute approximate surface area is 154 Å². The average Bonchev–Trinajstić information content (AvgIpc) is 2.98. The van der Waals surface area contributed by atoms with Crippen molar-refractivity contribution < 1.29 is 17.9 Å². The maximum atomic E-state index is 14.2. The van der Waals surface area contributed by atoms with Crippen molar-refractivity contribution in [3.63, 3.8) is 0 Å². The van der Waals surface area contributed by atoms with Crippen LogP contribution in [-0.2, 0) is 6.42 Å². The van der Waals surface area contributed by atoms with Crippen molar-refractivity contribution in [3.8, 4) is 5.75 Å². The summed E-state index contributed by atoms with van der Waals surface area (Å²) in [5.41, 5.74) is 1.94. The third-order valence-electron chi connectivity index (χ3n) is 4.69. The molecule has 2 aromatic carbocycles. The van der Waals surface area contributed by atoms with E-state index in [4.69, 9.17) is 9.15 Å². The van der Waals surface area contributed by atoms with Crippen LogP contribution in [0.4, 0.5) is 8.78 Å². The maximum absolute atomic E-state index is 14.2. The standard InChI is InChI=1S/C20H20F2N2O3/c21-20(22,9-8-14-4-2-1-3-5-14)13-24-11-16(12-24)26-15-6-7-18-17(10-15)23-19(25)27-18/h1-7,10,16H,8-9,11-13H2,(H,23,25). The van der Waals surface area contributed by atoms with Gasteiger partial charge in [0.25, 0.3) is 5.92 Å². The van der Waals surface area contributed by atoms with Crippen LogP contribution in [0, 0.1) is 0 Å². The van der Waals surface area contributed by atoms with E-state index >= 15 is 0 Å². The van der Waals surface area contributed by atoms with Crippen molar-refractivity contribution in [1.82, 2.24) is 9.88 Å². The quantitative estimate of drug-likeness (QED) is 0.688. The van der Waals surface area contributed by atoms with E-state index in [1.807, 2.05) is 30.3 Å². The smallest absolute Gasteiger partial charge is 0.417 e. The summed E-state index contributed by atoms with van der Waals surface area (Å²) in [6, 6.07) is 14.4. The molecule has 1 saturated heterocycles. The number of halogens is 2. The van der Waals surface area contributed by atoms with Crippen LogP contribution in [-0.4, -0.2) is 41.5 Å². The van der Waals surface area contributed by atoms with Gasteiger partial charge in [-0.3, -0.25) is 9.88 Å². The number of oxazole rings is 1. The van der Waals surface area contributed by atoms with Crippen LogP contribution >= 0.6 is 0 Å². The Morgan fingerprint density at radius 3 is 2.74 bits per heavy atom. The molecule has 7 heteroatoms. The molecule has 2 heterocycles. The van der Waals surface area contributed by atoms with Gasteiger partial charge in [-0.15, -0.1) is 0 Å². The van der Waals surface area contributed by atoms with Gasteiger partial charge < -0.3 is 9.15 Å². The summed E-state index contributed by atoms with van der Waals surface area (Å²) in [6.07, 6.45) is 0.0691. The van der Waals surface area contributed by atoms with E-state index in [0.29, 0.717) is 36.4 Å². The number of aromatic nitrogens is 1. The lowest BCUT2D eigenvalue weighted by atomic mass is 10.0. The van der Waals surface area contributed by atoms with Crippen LogP contribution < -0.4 is 10.5 Å². The molecule has 1 aromatic heterocycles. The molecule has 1 aliphatic rings. The number of nitrogens with zero attached hydrogens (tertiary/aromatic N) is 1. The van der Waals surface area contributed by atoms with Crippen molar-refractivity contribution in [3.05, 3.63) is 64.6 Å². The third kappa shape index (κ3) is 4.36. The first-order valence-corrected chi connectivity index (χ1v) is 8.90. The van der Waals surface area contributed by atoms with Gasteiger partial charge in [0.15, 0.2) is 5.58 Å². The Hall–Kier alpha value is -2.67. The highest BCUT2D eigenvalue weighted by Gasteiger charge is 2.37. The zero-order chi connectivity index (χ0) is 18.9. The van der Waals surface area contributed by atoms with E-state index < -0.39 is 11.7 Å². The highest BCUT2D eigenvalue weighted by Crippen LogP contribution is 2.27. The van der Waals surface area contributed by atoms with Crippen LogP contribution in [0.2, 0.25) is 0 Å². The molecular formula is C20H20F2N2O3. The molecule has 3 aromatic rings. The number of likely N-dealkylation sites (tertiary alicyclic amines) is 1. The summed E-state index contributed by atoms with van der Waals surface area (Å²) in [6.45, 7) is 0.662. The Balaban J connectivity index is 1.25. The number of ether oxygens (including phenoxy) is 1. The lowest BCUT2D eigenvalue weighted by molar-refractivity contribution is -0.0792. The summed E-state index contributed by atoms with van der Waals surface area (Å²) >= 11 is 0. The number of H-pyrrole nitrogens is 1. The van der Waals surface area contributed by atoms with Crippen LogP contribution in [0.1, 0.15) is 12.0 Å². The van der Waals surface area contributed by atoms with Crippen molar-refractivity contribution in [2.45, 2.75) is 24.9 Å². The molecule has 0 unspecified atom stereocenters. The predicted molar refractivity (Wildman–Crippen MR) is 97.4 cm³/mol. The van der Waals surface area contributed by atoms with Gasteiger partial charge in [-0.25, -0.2) is 13.6 Å². The number of hydrogen-bond donors (Lipinski definition) is 1. The zero-order valence-electron chi connectivity index (χ0n) is 14.7. The number of nitrogens with one attached hydrogen (secondary N) is 1. The summed E-state index contributed by atoms with van der Waals surface area (Å²) in [5.74, 6) is -2.66. The van der Waals surface area contributed by atoms with E-state index in [1.54, 1.807) is 23.1 Å². The summed E-state index contributed by atoms with van der Waals surface area (Å²) in [7, 11) is 0. The molecule has 5 nitrogen and oxygen atoms in total. The normalized spacial score (nSPS) is 15.8. The fourth-order valence-electron chi connectivity index (χ4n) is 3.30. The van der Waals surface area contributed by atoms with Crippen LogP contribution in [0.25, 0.3) is 11.1 Å². The Kier molecular flexibility index (Phi) is 4.70. The molecule has 0 atom stereocenters. The molecule has 1 N–H and O–H groups in total. The summed E-state index contributed by atoms with van der Waals surface area (Å²) < 4.78 is 39.1. The number of alkyl halides is 2. The van der Waals surface area contributed by atoms with E-state index in [-0.39, 0.29) is 19.1 Å². The van der Waals surface area contributed by atoms with Crippen LogP contribution in [0.3, 0.4) is 0 Å². The van der Waals surface area contributed by atoms with Crippen LogP contribution in [0.15, 0.2) is 57.7 Å². The van der Waals surface area contributed by atoms with Crippen molar-refractivity contribution in [2.24, 2.45) is 0 Å². The minimum atomic E-state index is -2.73. The van der Waals surface area contributed by atoms with Crippen molar-refractivity contribution in [1.29, 1.82) is 0 Å². The monoisotopic (exact) mass is 374 g/mol. The number of rotatable bonds is 7. The Morgan fingerprint density at radius 1 is 1.19 bits per heavy atom. The first kappa shape index (κ1) is 17.7. The second-order valence-corrected chi connectivity index (χ2v) is 6.95. The van der Waals surface area contributed by atoms with E-state index in [9.17, 15) is 13.6 Å². The van der Waals surface area contributed by atoms with Gasteiger partial charge in [-0.1, -0.05) is 30.3 Å². The maximum Gasteiger partial charge on any atom is 0.417 e. The molecule has 4 rings (SSSR count). The highest BCUT2D eigenvalue weighted by molar-refractivity contribution is 5.73. The minimum Gasteiger partial charge on any atom is -0.488 e. The molecule has 0 spiro atoms. The zero-order valence-corrected chi connectivity index (χ0v) is 14.7. The van der Waals surface area contributed by atoms with Gasteiger partial charge in [-0.05, 0) is 24.1 Å². The topological polar surface area (TPSA) is 58.5 Å². The van der Waals surface area contributed by atoms with Gasteiger partial charge >= 0.3 is 5.76 Å². The molecular weight excluding hydrogens is 354 g/mol. The summed E-state index contributed by atoms with van der Waals surface area (Å²) in [5, 5.41) is 0. The molecule has 0 aliphatic carbocycles. The second-order valence-electron chi connectivity index (χ2n) is 6.95. The predicted octanol–water partition coefficient (Wildman–Crippen LogP) is 3.45. The molecule has 0 radical (unpaired) electrons. The van der Waals surface area contributed by atoms with Crippen LogP contribution in [0.5, 0.6) is 5.75 Å². The van der Waals surface area contributed by atoms with Gasteiger partial charge in [0.05, 0.1) is 12.1 Å². The molecule has 0 amide bonds. The third-order valence-corrected chi connectivity index (χ3v) is 4.69. The molecule has 1 aliphatic heterocycles. The van der Waals surface area contributed by atoms with Gasteiger partial charge in [0.2, 0.25) is 0 Å². The van der Waals surface area contributed by atoms with Gasteiger partial charge in [0.1, 0.15) is 11.9 Å². The number of aromatic amines is 1. The highest BCUT2D eigenvalue weighted by atomic mass is 19.3. The minimum absolute atomic E-state index is 0.133. The molecule has 0 saturated carbocycles. The number of hydrogen-bond acceptors (Lipinski definition) is 4. The lowest BCUT2D eigenvalue weighted by Crippen LogP contribution is -2.56. The van der Waals surface area contributed by atoms with Gasteiger partial charge in [-0.2, -0.15) is 0 Å². The first-order valence-electron chi connectivity index (χ1n) is 8.90. The lowest BCUT2D eigenvalue weighted by Gasteiger charge is -2.40. The number of fused-ring (bicyclic) bond motifs is 1. The van der Waals surface area contributed by atoms with E-state index in [0.717, 1.165) is 5.56 Å². The Bertz CT molecular complexity index is 962. The van der Waals surface area contributed by atoms with E-state index in [1.165, 1.54) is 0 Å². The molecule has 27 heavy (non-hydrogen) atoms. The second kappa shape index (κ2) is 7.15. The largest absolute Gasteiger partial charge is 0.488 e. The molecule has 1 fully saturated rings. The SMILES string of the molecule is O=c1[nH]c2cc(OC3CN(CC(F)(F)CCc4ccccc4)C3)ccc2o1. The van der Waals surface area contributed by atoms with E-state index in [2.05, 4.69) is 4.98 Å².